The highest BCUT2D eigenvalue weighted by atomic mass is 15.3. The van der Waals surface area contributed by atoms with E-state index in [1.54, 1.807) is 0 Å². The Kier molecular flexibility index (Phi) is 4.43. The van der Waals surface area contributed by atoms with E-state index in [9.17, 15) is 0 Å². The van der Waals surface area contributed by atoms with Crippen LogP contribution in [0.1, 0.15) is 37.1 Å². The molecule has 1 N–H and O–H groups in total. The SMILES string of the molecule is c1ccc(CCn2cnnc2CNC2CCCC2)cc1. The van der Waals surface area contributed by atoms with Crippen LogP contribution < -0.4 is 5.32 Å². The maximum Gasteiger partial charge on any atom is 0.146 e. The van der Waals surface area contributed by atoms with Crippen LogP contribution in [-0.4, -0.2) is 20.8 Å². The second-order valence-corrected chi connectivity index (χ2v) is 5.54. The van der Waals surface area contributed by atoms with Gasteiger partial charge < -0.3 is 9.88 Å². The lowest BCUT2D eigenvalue weighted by Gasteiger charge is -2.12. The standard InChI is InChI=1S/C16H22N4/c1-2-6-14(7-3-1)10-11-20-13-18-19-16(20)12-17-15-8-4-5-9-15/h1-3,6-7,13,15,17H,4-5,8-12H2. The van der Waals surface area contributed by atoms with Crippen molar-refractivity contribution in [3.05, 3.63) is 48.0 Å². The molecule has 3 rings (SSSR count). The predicted molar refractivity (Wildman–Crippen MR) is 79.3 cm³/mol. The Balaban J connectivity index is 1.53. The summed E-state index contributed by atoms with van der Waals surface area (Å²) in [5.74, 6) is 1.05. The van der Waals surface area contributed by atoms with Crippen LogP contribution >= 0.6 is 0 Å². The minimum Gasteiger partial charge on any atom is -0.316 e. The molecular weight excluding hydrogens is 248 g/mol. The second-order valence-electron chi connectivity index (χ2n) is 5.54. The quantitative estimate of drug-likeness (QED) is 0.877. The van der Waals surface area contributed by atoms with Crippen molar-refractivity contribution in [2.45, 2.75) is 51.2 Å². The fraction of sp³-hybridized carbons (Fsp3) is 0.500. The average molecular weight is 270 g/mol. The topological polar surface area (TPSA) is 42.7 Å². The summed E-state index contributed by atoms with van der Waals surface area (Å²) in [6.07, 6.45) is 8.19. The summed E-state index contributed by atoms with van der Waals surface area (Å²) >= 11 is 0. The summed E-state index contributed by atoms with van der Waals surface area (Å²) in [6.45, 7) is 1.78. The third-order valence-electron chi connectivity index (χ3n) is 4.08. The first-order chi connectivity index (χ1) is 9.92. The molecule has 1 aromatic heterocycles. The van der Waals surface area contributed by atoms with Crippen molar-refractivity contribution in [3.8, 4) is 0 Å². The highest BCUT2D eigenvalue weighted by Crippen LogP contribution is 2.17. The van der Waals surface area contributed by atoms with Gasteiger partial charge in [0.1, 0.15) is 12.2 Å². The van der Waals surface area contributed by atoms with Gasteiger partial charge in [0.25, 0.3) is 0 Å². The molecule has 0 aliphatic heterocycles. The molecule has 0 saturated heterocycles. The van der Waals surface area contributed by atoms with Crippen LogP contribution in [0.4, 0.5) is 0 Å². The molecule has 0 unspecified atom stereocenters. The van der Waals surface area contributed by atoms with Gasteiger partial charge in [-0.25, -0.2) is 0 Å². The monoisotopic (exact) mass is 270 g/mol. The van der Waals surface area contributed by atoms with Crippen LogP contribution in [0.3, 0.4) is 0 Å². The zero-order valence-electron chi connectivity index (χ0n) is 11.8. The molecule has 1 aliphatic rings. The number of nitrogens with one attached hydrogen (secondary N) is 1. The van der Waals surface area contributed by atoms with E-state index in [-0.39, 0.29) is 0 Å². The van der Waals surface area contributed by atoms with Gasteiger partial charge in [-0.15, -0.1) is 10.2 Å². The zero-order chi connectivity index (χ0) is 13.6. The number of benzene rings is 1. The Hall–Kier alpha value is -1.68. The van der Waals surface area contributed by atoms with Crippen molar-refractivity contribution in [2.75, 3.05) is 0 Å². The van der Waals surface area contributed by atoms with E-state index < -0.39 is 0 Å². The average Bonchev–Trinajstić information content (AvgIpc) is 3.15. The van der Waals surface area contributed by atoms with Gasteiger partial charge in [0.2, 0.25) is 0 Å². The van der Waals surface area contributed by atoms with Gasteiger partial charge in [-0.05, 0) is 24.8 Å². The third-order valence-corrected chi connectivity index (χ3v) is 4.08. The summed E-state index contributed by atoms with van der Waals surface area (Å²) in [5, 5.41) is 11.9. The van der Waals surface area contributed by atoms with Gasteiger partial charge in [0.15, 0.2) is 0 Å². The van der Waals surface area contributed by atoms with Gasteiger partial charge in [-0.3, -0.25) is 0 Å². The first-order valence-corrected chi connectivity index (χ1v) is 7.56. The van der Waals surface area contributed by atoms with Crippen molar-refractivity contribution < 1.29 is 0 Å². The summed E-state index contributed by atoms with van der Waals surface area (Å²) in [6, 6.07) is 11.2. The fourth-order valence-electron chi connectivity index (χ4n) is 2.86. The van der Waals surface area contributed by atoms with Crippen molar-refractivity contribution in [1.29, 1.82) is 0 Å². The first kappa shape index (κ1) is 13.3. The minimum absolute atomic E-state index is 0.675. The lowest BCUT2D eigenvalue weighted by Crippen LogP contribution is -2.27. The van der Waals surface area contributed by atoms with E-state index in [0.29, 0.717) is 6.04 Å². The van der Waals surface area contributed by atoms with Crippen LogP contribution in [0.25, 0.3) is 0 Å². The Morgan fingerprint density at radius 2 is 1.95 bits per heavy atom. The maximum absolute atomic E-state index is 4.24. The van der Waals surface area contributed by atoms with Crippen LogP contribution in [0.5, 0.6) is 0 Å². The third kappa shape index (κ3) is 3.45. The van der Waals surface area contributed by atoms with Crippen molar-refractivity contribution >= 4 is 0 Å². The lowest BCUT2D eigenvalue weighted by atomic mass is 10.1. The summed E-state index contributed by atoms with van der Waals surface area (Å²) in [7, 11) is 0. The van der Waals surface area contributed by atoms with E-state index in [0.717, 1.165) is 25.3 Å². The van der Waals surface area contributed by atoms with Gasteiger partial charge in [-0.1, -0.05) is 43.2 Å². The molecular formula is C16H22N4. The van der Waals surface area contributed by atoms with E-state index in [1.807, 2.05) is 6.33 Å². The Morgan fingerprint density at radius 1 is 1.15 bits per heavy atom. The number of hydrogen-bond acceptors (Lipinski definition) is 3. The highest BCUT2D eigenvalue weighted by molar-refractivity contribution is 5.14. The number of rotatable bonds is 6. The van der Waals surface area contributed by atoms with E-state index in [4.69, 9.17) is 0 Å². The normalized spacial score (nSPS) is 15.8. The molecule has 2 aromatic rings. The summed E-state index contributed by atoms with van der Waals surface area (Å²) < 4.78 is 2.16. The highest BCUT2D eigenvalue weighted by Gasteiger charge is 2.15. The smallest absolute Gasteiger partial charge is 0.146 e. The van der Waals surface area contributed by atoms with Crippen LogP contribution in [0.2, 0.25) is 0 Å². The maximum atomic E-state index is 4.24. The molecule has 0 atom stereocenters. The van der Waals surface area contributed by atoms with Crippen molar-refractivity contribution in [1.82, 2.24) is 20.1 Å². The second kappa shape index (κ2) is 6.66. The van der Waals surface area contributed by atoms with Gasteiger partial charge in [0.05, 0.1) is 6.54 Å². The van der Waals surface area contributed by atoms with Gasteiger partial charge in [0, 0.05) is 12.6 Å². The van der Waals surface area contributed by atoms with E-state index in [1.165, 1.54) is 31.2 Å². The molecule has 0 spiro atoms. The summed E-state index contributed by atoms with van der Waals surface area (Å²) in [4.78, 5) is 0. The molecule has 1 aromatic carbocycles. The molecule has 20 heavy (non-hydrogen) atoms. The summed E-state index contributed by atoms with van der Waals surface area (Å²) in [5.41, 5.74) is 1.36. The molecule has 0 amide bonds. The van der Waals surface area contributed by atoms with Crippen LogP contribution in [0.15, 0.2) is 36.7 Å². The van der Waals surface area contributed by atoms with E-state index in [2.05, 4.69) is 50.4 Å². The van der Waals surface area contributed by atoms with Crippen molar-refractivity contribution in [3.63, 3.8) is 0 Å². The molecule has 106 valence electrons. The number of aryl methyl sites for hydroxylation is 2. The Bertz CT molecular complexity index is 514. The van der Waals surface area contributed by atoms with E-state index >= 15 is 0 Å². The molecule has 1 heterocycles. The molecule has 4 nitrogen and oxygen atoms in total. The molecule has 1 saturated carbocycles. The van der Waals surface area contributed by atoms with Gasteiger partial charge in [-0.2, -0.15) is 0 Å². The van der Waals surface area contributed by atoms with Crippen LogP contribution in [0, 0.1) is 0 Å². The lowest BCUT2D eigenvalue weighted by molar-refractivity contribution is 0.498. The zero-order valence-corrected chi connectivity index (χ0v) is 11.8. The molecule has 4 heteroatoms. The molecule has 0 bridgehead atoms. The number of nitrogens with zero attached hydrogens (tertiary/aromatic N) is 3. The first-order valence-electron chi connectivity index (χ1n) is 7.56. The number of aromatic nitrogens is 3. The molecule has 0 radical (unpaired) electrons. The molecule has 1 fully saturated rings. The Morgan fingerprint density at radius 3 is 2.75 bits per heavy atom. The van der Waals surface area contributed by atoms with Crippen LogP contribution in [-0.2, 0) is 19.5 Å². The minimum atomic E-state index is 0.675. The largest absolute Gasteiger partial charge is 0.316 e. The fourth-order valence-corrected chi connectivity index (χ4v) is 2.86. The Labute approximate surface area is 120 Å². The number of hydrogen-bond donors (Lipinski definition) is 1. The molecule has 1 aliphatic carbocycles. The predicted octanol–water partition coefficient (Wildman–Crippen LogP) is 2.55. The van der Waals surface area contributed by atoms with Gasteiger partial charge >= 0.3 is 0 Å². The van der Waals surface area contributed by atoms with Crippen molar-refractivity contribution in [2.24, 2.45) is 0 Å².